The van der Waals surface area contributed by atoms with Crippen LogP contribution in [0.4, 0.5) is 5.69 Å². The van der Waals surface area contributed by atoms with E-state index in [-0.39, 0.29) is 5.91 Å². The Balaban J connectivity index is 1.50. The molecule has 0 aromatic heterocycles. The lowest BCUT2D eigenvalue weighted by Gasteiger charge is -2.06. The minimum Gasteiger partial charge on any atom is -0.489 e. The molecule has 0 fully saturated rings. The number of rotatable bonds is 7. The smallest absolute Gasteiger partial charge is 0.248 e. The average Bonchev–Trinajstić information content (AvgIpc) is 2.74. The second-order valence-corrected chi connectivity index (χ2v) is 6.20. The average molecular weight is 368 g/mol. The molecule has 4 nitrogen and oxygen atoms in total. The van der Waals surface area contributed by atoms with Crippen LogP contribution in [-0.4, -0.2) is 5.91 Å². The lowest BCUT2D eigenvalue weighted by atomic mass is 10.1. The van der Waals surface area contributed by atoms with Crippen molar-refractivity contribution in [2.75, 3.05) is 5.32 Å². The Morgan fingerprint density at radius 2 is 1.64 bits per heavy atom. The van der Waals surface area contributed by atoms with Crippen LogP contribution in [0.1, 0.15) is 16.7 Å². The standard InChI is InChI=1S/C24H20N2O2/c25-17-16-20-6-11-22(12-7-20)26-24(27)15-10-19-8-13-23(14-9-19)28-18-21-4-2-1-3-5-21/h1-15H,16,18H2,(H,26,27)/b15-10+. The first-order chi connectivity index (χ1) is 13.7. The van der Waals surface area contributed by atoms with Gasteiger partial charge in [-0.3, -0.25) is 4.79 Å². The number of carbonyl (C=O) groups is 1. The van der Waals surface area contributed by atoms with Gasteiger partial charge in [0.2, 0.25) is 5.91 Å². The summed E-state index contributed by atoms with van der Waals surface area (Å²) in [5, 5.41) is 11.5. The van der Waals surface area contributed by atoms with Crippen LogP contribution in [0.15, 0.2) is 84.9 Å². The lowest BCUT2D eigenvalue weighted by molar-refractivity contribution is -0.111. The summed E-state index contributed by atoms with van der Waals surface area (Å²) < 4.78 is 5.76. The van der Waals surface area contributed by atoms with Gasteiger partial charge in [-0.25, -0.2) is 0 Å². The lowest BCUT2D eigenvalue weighted by Crippen LogP contribution is -2.07. The van der Waals surface area contributed by atoms with Crippen LogP contribution in [0.25, 0.3) is 6.08 Å². The van der Waals surface area contributed by atoms with Crippen molar-refractivity contribution in [2.24, 2.45) is 0 Å². The molecule has 138 valence electrons. The Bertz CT molecular complexity index is 970. The highest BCUT2D eigenvalue weighted by Crippen LogP contribution is 2.15. The van der Waals surface area contributed by atoms with Gasteiger partial charge in [0, 0.05) is 11.8 Å². The summed E-state index contributed by atoms with van der Waals surface area (Å²) in [6, 6.07) is 26.9. The van der Waals surface area contributed by atoms with Gasteiger partial charge in [0.25, 0.3) is 0 Å². The molecule has 4 heteroatoms. The van der Waals surface area contributed by atoms with Crippen molar-refractivity contribution >= 4 is 17.7 Å². The molecule has 3 aromatic carbocycles. The minimum absolute atomic E-state index is 0.211. The number of hydrogen-bond donors (Lipinski definition) is 1. The molecule has 0 unspecified atom stereocenters. The summed E-state index contributed by atoms with van der Waals surface area (Å²) in [5.41, 5.74) is 3.64. The SMILES string of the molecule is N#CCc1ccc(NC(=O)/C=C/c2ccc(OCc3ccccc3)cc2)cc1. The van der Waals surface area contributed by atoms with Gasteiger partial charge in [-0.1, -0.05) is 54.6 Å². The Morgan fingerprint density at radius 3 is 2.32 bits per heavy atom. The molecule has 1 amide bonds. The zero-order valence-corrected chi connectivity index (χ0v) is 15.3. The van der Waals surface area contributed by atoms with E-state index in [2.05, 4.69) is 11.4 Å². The number of hydrogen-bond acceptors (Lipinski definition) is 3. The van der Waals surface area contributed by atoms with E-state index in [9.17, 15) is 4.79 Å². The monoisotopic (exact) mass is 368 g/mol. The second-order valence-electron chi connectivity index (χ2n) is 6.20. The molecule has 28 heavy (non-hydrogen) atoms. The molecule has 0 atom stereocenters. The van der Waals surface area contributed by atoms with Gasteiger partial charge in [0.15, 0.2) is 0 Å². The quantitative estimate of drug-likeness (QED) is 0.598. The molecular formula is C24H20N2O2. The summed E-state index contributed by atoms with van der Waals surface area (Å²) in [5.74, 6) is 0.570. The van der Waals surface area contributed by atoms with Crippen LogP contribution >= 0.6 is 0 Å². The molecule has 0 bridgehead atoms. The summed E-state index contributed by atoms with van der Waals surface area (Å²) in [4.78, 5) is 12.0. The zero-order chi connectivity index (χ0) is 19.6. The molecule has 0 spiro atoms. The number of carbonyl (C=O) groups excluding carboxylic acids is 1. The highest BCUT2D eigenvalue weighted by atomic mass is 16.5. The first-order valence-corrected chi connectivity index (χ1v) is 8.95. The molecule has 0 saturated heterocycles. The zero-order valence-electron chi connectivity index (χ0n) is 15.3. The molecule has 0 aliphatic carbocycles. The number of amides is 1. The number of nitriles is 1. The fourth-order valence-corrected chi connectivity index (χ4v) is 2.57. The molecule has 0 heterocycles. The van der Waals surface area contributed by atoms with E-state index in [1.54, 1.807) is 18.2 Å². The fourth-order valence-electron chi connectivity index (χ4n) is 2.57. The van der Waals surface area contributed by atoms with E-state index in [1.165, 1.54) is 6.08 Å². The maximum absolute atomic E-state index is 12.0. The van der Waals surface area contributed by atoms with Crippen LogP contribution < -0.4 is 10.1 Å². The Hall–Kier alpha value is -3.84. The van der Waals surface area contributed by atoms with Crippen LogP contribution in [0.3, 0.4) is 0 Å². The topological polar surface area (TPSA) is 62.1 Å². The molecule has 0 aliphatic rings. The molecule has 3 aromatic rings. The first kappa shape index (κ1) is 18.9. The van der Waals surface area contributed by atoms with Crippen molar-refractivity contribution < 1.29 is 9.53 Å². The molecule has 1 N–H and O–H groups in total. The van der Waals surface area contributed by atoms with Crippen LogP contribution in [0.5, 0.6) is 5.75 Å². The van der Waals surface area contributed by atoms with Gasteiger partial charge >= 0.3 is 0 Å². The second kappa shape index (κ2) is 9.75. The van der Waals surface area contributed by atoms with Gasteiger partial charge in [0.05, 0.1) is 12.5 Å². The predicted molar refractivity (Wildman–Crippen MR) is 111 cm³/mol. The molecule has 0 aliphatic heterocycles. The number of ether oxygens (including phenoxy) is 1. The van der Waals surface area contributed by atoms with Gasteiger partial charge in [-0.2, -0.15) is 5.26 Å². The maximum atomic E-state index is 12.0. The van der Waals surface area contributed by atoms with E-state index < -0.39 is 0 Å². The third kappa shape index (κ3) is 5.86. The van der Waals surface area contributed by atoms with Crippen molar-refractivity contribution in [1.29, 1.82) is 5.26 Å². The molecular weight excluding hydrogens is 348 g/mol. The first-order valence-electron chi connectivity index (χ1n) is 8.95. The van der Waals surface area contributed by atoms with E-state index in [1.807, 2.05) is 66.7 Å². The minimum atomic E-state index is -0.211. The number of nitrogens with zero attached hydrogens (tertiary/aromatic N) is 1. The largest absolute Gasteiger partial charge is 0.489 e. The van der Waals surface area contributed by atoms with Crippen LogP contribution in [-0.2, 0) is 17.8 Å². The van der Waals surface area contributed by atoms with E-state index in [0.717, 1.165) is 22.4 Å². The number of nitrogens with one attached hydrogen (secondary N) is 1. The summed E-state index contributed by atoms with van der Waals surface area (Å²) in [6.07, 6.45) is 3.60. The molecule has 0 radical (unpaired) electrons. The van der Waals surface area contributed by atoms with Crippen molar-refractivity contribution in [3.63, 3.8) is 0 Å². The number of benzene rings is 3. The summed E-state index contributed by atoms with van der Waals surface area (Å²) >= 11 is 0. The third-order valence-corrected chi connectivity index (χ3v) is 4.06. The van der Waals surface area contributed by atoms with Gasteiger partial charge in [-0.05, 0) is 47.0 Å². The Morgan fingerprint density at radius 1 is 0.929 bits per heavy atom. The number of anilines is 1. The van der Waals surface area contributed by atoms with Crippen molar-refractivity contribution in [2.45, 2.75) is 13.0 Å². The fraction of sp³-hybridized carbons (Fsp3) is 0.0833. The van der Waals surface area contributed by atoms with E-state index >= 15 is 0 Å². The Kier molecular flexibility index (Phi) is 6.59. The van der Waals surface area contributed by atoms with Gasteiger partial charge in [-0.15, -0.1) is 0 Å². The summed E-state index contributed by atoms with van der Waals surface area (Å²) in [7, 11) is 0. The van der Waals surface area contributed by atoms with E-state index in [4.69, 9.17) is 10.00 Å². The predicted octanol–water partition coefficient (Wildman–Crippen LogP) is 4.98. The van der Waals surface area contributed by atoms with Crippen molar-refractivity contribution in [3.8, 4) is 11.8 Å². The van der Waals surface area contributed by atoms with Gasteiger partial charge in [0.1, 0.15) is 12.4 Å². The maximum Gasteiger partial charge on any atom is 0.248 e. The third-order valence-electron chi connectivity index (χ3n) is 4.06. The van der Waals surface area contributed by atoms with Crippen LogP contribution in [0, 0.1) is 11.3 Å². The molecule has 0 saturated carbocycles. The summed E-state index contributed by atoms with van der Waals surface area (Å²) in [6.45, 7) is 0.519. The van der Waals surface area contributed by atoms with Crippen molar-refractivity contribution in [1.82, 2.24) is 0 Å². The van der Waals surface area contributed by atoms with Crippen molar-refractivity contribution in [3.05, 3.63) is 102 Å². The highest BCUT2D eigenvalue weighted by molar-refractivity contribution is 6.01. The van der Waals surface area contributed by atoms with Crippen LogP contribution in [0.2, 0.25) is 0 Å². The molecule has 3 rings (SSSR count). The van der Waals surface area contributed by atoms with Gasteiger partial charge < -0.3 is 10.1 Å². The Labute approximate surface area is 164 Å². The highest BCUT2D eigenvalue weighted by Gasteiger charge is 1.99. The van der Waals surface area contributed by atoms with E-state index in [0.29, 0.717) is 18.7 Å². The normalized spacial score (nSPS) is 10.4.